The zero-order valence-corrected chi connectivity index (χ0v) is 12.1. The van der Waals surface area contributed by atoms with Gasteiger partial charge in [0.05, 0.1) is 0 Å². The Bertz CT molecular complexity index is 527. The maximum atomic E-state index is 3.45. The van der Waals surface area contributed by atoms with Crippen LogP contribution in [0.3, 0.4) is 0 Å². The molecule has 0 unspecified atom stereocenters. The number of anilines is 3. The third-order valence-corrected chi connectivity index (χ3v) is 3.23. The summed E-state index contributed by atoms with van der Waals surface area (Å²) in [4.78, 5) is 2.10. The molecule has 0 aliphatic heterocycles. The van der Waals surface area contributed by atoms with Gasteiger partial charge in [-0.3, -0.25) is 0 Å². The summed E-state index contributed by atoms with van der Waals surface area (Å²) in [6, 6.07) is 17.0. The Labute approximate surface area is 116 Å². The van der Waals surface area contributed by atoms with Gasteiger partial charge < -0.3 is 10.2 Å². The summed E-state index contributed by atoms with van der Waals surface area (Å²) in [7, 11) is 4.10. The number of nitrogens with zero attached hydrogens (tertiary/aromatic N) is 1. The standard InChI is InChI=1S/C17H22N2/c1-13(2)14-6-5-7-16(12-14)18-15-8-10-17(11-9-15)19(3)4/h5-13,18H,1-4H3. The molecule has 0 amide bonds. The van der Waals surface area contributed by atoms with Gasteiger partial charge in [0.1, 0.15) is 0 Å². The largest absolute Gasteiger partial charge is 0.378 e. The molecule has 0 spiro atoms. The molecular weight excluding hydrogens is 232 g/mol. The van der Waals surface area contributed by atoms with Crippen LogP contribution in [0, 0.1) is 0 Å². The van der Waals surface area contributed by atoms with E-state index in [1.807, 2.05) is 0 Å². The lowest BCUT2D eigenvalue weighted by molar-refractivity contribution is 0.867. The van der Waals surface area contributed by atoms with E-state index in [4.69, 9.17) is 0 Å². The van der Waals surface area contributed by atoms with Gasteiger partial charge in [0, 0.05) is 31.2 Å². The van der Waals surface area contributed by atoms with Crippen LogP contribution in [0.5, 0.6) is 0 Å². The van der Waals surface area contributed by atoms with Crippen LogP contribution in [-0.4, -0.2) is 14.1 Å². The molecule has 0 fully saturated rings. The third-order valence-electron chi connectivity index (χ3n) is 3.23. The second-order valence-corrected chi connectivity index (χ2v) is 5.35. The van der Waals surface area contributed by atoms with Crippen molar-refractivity contribution < 1.29 is 0 Å². The quantitative estimate of drug-likeness (QED) is 0.856. The molecule has 0 saturated heterocycles. The zero-order chi connectivity index (χ0) is 13.8. The van der Waals surface area contributed by atoms with Crippen molar-refractivity contribution in [1.29, 1.82) is 0 Å². The van der Waals surface area contributed by atoms with E-state index in [-0.39, 0.29) is 0 Å². The first-order valence-corrected chi connectivity index (χ1v) is 6.70. The summed E-state index contributed by atoms with van der Waals surface area (Å²) in [6.45, 7) is 4.43. The SMILES string of the molecule is CC(C)c1cccc(Nc2ccc(N(C)C)cc2)c1. The predicted molar refractivity (Wildman–Crippen MR) is 84.6 cm³/mol. The van der Waals surface area contributed by atoms with Gasteiger partial charge in [-0.15, -0.1) is 0 Å². The van der Waals surface area contributed by atoms with E-state index >= 15 is 0 Å². The molecule has 0 saturated carbocycles. The summed E-state index contributed by atoms with van der Waals surface area (Å²) < 4.78 is 0. The summed E-state index contributed by atoms with van der Waals surface area (Å²) in [5.41, 5.74) is 4.83. The Morgan fingerprint density at radius 1 is 0.895 bits per heavy atom. The van der Waals surface area contributed by atoms with Crippen LogP contribution in [0.1, 0.15) is 25.3 Å². The Morgan fingerprint density at radius 2 is 1.58 bits per heavy atom. The first-order valence-electron chi connectivity index (χ1n) is 6.70. The lowest BCUT2D eigenvalue weighted by atomic mass is 10.0. The lowest BCUT2D eigenvalue weighted by Gasteiger charge is -2.14. The summed E-state index contributed by atoms with van der Waals surface area (Å²) in [6.07, 6.45) is 0. The van der Waals surface area contributed by atoms with E-state index in [1.165, 1.54) is 11.3 Å². The van der Waals surface area contributed by atoms with Gasteiger partial charge in [0.15, 0.2) is 0 Å². The molecule has 19 heavy (non-hydrogen) atoms. The Hall–Kier alpha value is -1.96. The molecule has 0 heterocycles. The number of rotatable bonds is 4. The minimum absolute atomic E-state index is 0.554. The van der Waals surface area contributed by atoms with Crippen molar-refractivity contribution in [2.75, 3.05) is 24.3 Å². The van der Waals surface area contributed by atoms with Crippen molar-refractivity contribution in [2.45, 2.75) is 19.8 Å². The van der Waals surface area contributed by atoms with Crippen LogP contribution in [0.2, 0.25) is 0 Å². The van der Waals surface area contributed by atoms with E-state index in [1.54, 1.807) is 0 Å². The molecule has 2 rings (SSSR count). The molecule has 0 radical (unpaired) electrons. The molecule has 0 aliphatic rings. The fourth-order valence-corrected chi connectivity index (χ4v) is 1.99. The Balaban J connectivity index is 2.14. The number of hydrogen-bond acceptors (Lipinski definition) is 2. The van der Waals surface area contributed by atoms with Gasteiger partial charge in [0.25, 0.3) is 0 Å². The van der Waals surface area contributed by atoms with Gasteiger partial charge in [-0.1, -0.05) is 26.0 Å². The highest BCUT2D eigenvalue weighted by Crippen LogP contribution is 2.23. The zero-order valence-electron chi connectivity index (χ0n) is 12.1. The summed E-state index contributed by atoms with van der Waals surface area (Å²) in [5, 5.41) is 3.45. The lowest BCUT2D eigenvalue weighted by Crippen LogP contribution is -2.08. The predicted octanol–water partition coefficient (Wildman–Crippen LogP) is 4.62. The molecule has 0 aromatic heterocycles. The summed E-state index contributed by atoms with van der Waals surface area (Å²) in [5.74, 6) is 0.554. The smallest absolute Gasteiger partial charge is 0.0387 e. The molecular formula is C17H22N2. The second kappa shape index (κ2) is 5.79. The Kier molecular flexibility index (Phi) is 4.10. The molecule has 0 aliphatic carbocycles. The Morgan fingerprint density at radius 3 is 2.16 bits per heavy atom. The molecule has 0 atom stereocenters. The molecule has 2 nitrogen and oxygen atoms in total. The molecule has 2 aromatic rings. The van der Waals surface area contributed by atoms with Crippen molar-refractivity contribution in [3.63, 3.8) is 0 Å². The second-order valence-electron chi connectivity index (χ2n) is 5.35. The molecule has 100 valence electrons. The topological polar surface area (TPSA) is 15.3 Å². The highest BCUT2D eigenvalue weighted by Gasteiger charge is 2.01. The maximum absolute atomic E-state index is 3.45. The maximum Gasteiger partial charge on any atom is 0.0387 e. The van der Waals surface area contributed by atoms with Crippen LogP contribution in [0.15, 0.2) is 48.5 Å². The monoisotopic (exact) mass is 254 g/mol. The highest BCUT2D eigenvalue weighted by molar-refractivity contribution is 5.63. The average Bonchev–Trinajstić information content (AvgIpc) is 2.39. The van der Waals surface area contributed by atoms with Crippen molar-refractivity contribution in [3.8, 4) is 0 Å². The normalized spacial score (nSPS) is 10.6. The number of benzene rings is 2. The van der Waals surface area contributed by atoms with E-state index < -0.39 is 0 Å². The highest BCUT2D eigenvalue weighted by atomic mass is 15.1. The van der Waals surface area contributed by atoms with Gasteiger partial charge in [-0.25, -0.2) is 0 Å². The van der Waals surface area contributed by atoms with Crippen LogP contribution >= 0.6 is 0 Å². The van der Waals surface area contributed by atoms with Crippen molar-refractivity contribution in [3.05, 3.63) is 54.1 Å². The fraction of sp³-hybridized carbons (Fsp3) is 0.294. The molecule has 2 aromatic carbocycles. The van der Waals surface area contributed by atoms with E-state index in [9.17, 15) is 0 Å². The van der Waals surface area contributed by atoms with E-state index in [0.29, 0.717) is 5.92 Å². The first-order chi connectivity index (χ1) is 9.06. The fourth-order valence-electron chi connectivity index (χ4n) is 1.99. The van der Waals surface area contributed by atoms with E-state index in [0.717, 1.165) is 11.4 Å². The van der Waals surface area contributed by atoms with Crippen LogP contribution in [0.25, 0.3) is 0 Å². The van der Waals surface area contributed by atoms with Crippen LogP contribution in [-0.2, 0) is 0 Å². The average molecular weight is 254 g/mol. The molecule has 2 heteroatoms. The van der Waals surface area contributed by atoms with Crippen molar-refractivity contribution in [2.24, 2.45) is 0 Å². The third kappa shape index (κ3) is 3.50. The van der Waals surface area contributed by atoms with Crippen LogP contribution < -0.4 is 10.2 Å². The first kappa shape index (κ1) is 13.5. The number of hydrogen-bond donors (Lipinski definition) is 1. The minimum atomic E-state index is 0.554. The molecule has 1 N–H and O–H groups in total. The van der Waals surface area contributed by atoms with E-state index in [2.05, 4.69) is 86.7 Å². The molecule has 0 bridgehead atoms. The minimum Gasteiger partial charge on any atom is -0.378 e. The van der Waals surface area contributed by atoms with Gasteiger partial charge in [0.2, 0.25) is 0 Å². The van der Waals surface area contributed by atoms with Gasteiger partial charge in [-0.2, -0.15) is 0 Å². The van der Waals surface area contributed by atoms with Gasteiger partial charge in [-0.05, 0) is 47.9 Å². The van der Waals surface area contributed by atoms with Crippen molar-refractivity contribution >= 4 is 17.1 Å². The summed E-state index contributed by atoms with van der Waals surface area (Å²) >= 11 is 0. The van der Waals surface area contributed by atoms with Crippen LogP contribution in [0.4, 0.5) is 17.1 Å². The van der Waals surface area contributed by atoms with Crippen molar-refractivity contribution in [1.82, 2.24) is 0 Å². The van der Waals surface area contributed by atoms with Gasteiger partial charge >= 0.3 is 0 Å². The number of nitrogens with one attached hydrogen (secondary N) is 1.